The number of carbonyl (C=O) groups is 2. The van der Waals surface area contributed by atoms with Gasteiger partial charge in [0.15, 0.2) is 5.60 Å². The molecule has 2 atom stereocenters. The van der Waals surface area contributed by atoms with Crippen molar-refractivity contribution in [1.82, 2.24) is 14.9 Å². The molecule has 3 aromatic rings. The number of aliphatic hydroxyl groups is 2. The number of esters is 1. The number of benzene rings is 1. The zero-order chi connectivity index (χ0) is 29.9. The minimum atomic E-state index is -1.96. The number of carbonyl (C=O) groups excluding carboxylic acids is 2. The van der Waals surface area contributed by atoms with E-state index in [1.807, 2.05) is 0 Å². The molecule has 0 radical (unpaired) electrons. The van der Waals surface area contributed by atoms with E-state index >= 15 is 4.39 Å². The van der Waals surface area contributed by atoms with E-state index in [9.17, 15) is 24.6 Å². The Hall–Kier alpha value is -3.63. The van der Waals surface area contributed by atoms with Crippen LogP contribution in [0.25, 0.3) is 22.3 Å². The molecule has 10 heteroatoms. The molecule has 0 saturated heterocycles. The zero-order valence-corrected chi connectivity index (χ0v) is 24.1. The lowest BCUT2D eigenvalue weighted by molar-refractivity contribution is -0.172. The van der Waals surface area contributed by atoms with Crippen LogP contribution in [0.2, 0.25) is 0 Å². The smallest absolute Gasteiger partial charge is 0.343 e. The van der Waals surface area contributed by atoms with E-state index in [4.69, 9.17) is 9.72 Å². The Labute approximate surface area is 241 Å². The van der Waals surface area contributed by atoms with Crippen molar-refractivity contribution in [3.8, 4) is 11.4 Å². The van der Waals surface area contributed by atoms with Gasteiger partial charge in [-0.15, -0.1) is 0 Å². The summed E-state index contributed by atoms with van der Waals surface area (Å²) < 4.78 is 21.8. The Balaban J connectivity index is 1.40. The molecule has 1 amide bonds. The van der Waals surface area contributed by atoms with Gasteiger partial charge in [-0.2, -0.15) is 0 Å². The SMILES string of the molecule is CC[C@@]1(O)C(=O)OCc2c1cc1n(c2=O)Cc2c-1nc1cc(F)c(C)c3c1c2[C@@H](NC(=O)C1(O)CC(C(C)C)C1)CC3. The summed E-state index contributed by atoms with van der Waals surface area (Å²) in [6.45, 7) is 7.47. The number of pyridine rings is 2. The number of aryl methyl sites for hydroxylation is 1. The average Bonchev–Trinajstić information content (AvgIpc) is 3.31. The van der Waals surface area contributed by atoms with Crippen molar-refractivity contribution in [3.63, 3.8) is 0 Å². The van der Waals surface area contributed by atoms with E-state index in [0.717, 1.165) is 22.1 Å². The number of rotatable bonds is 4. The number of nitrogens with one attached hydrogen (secondary N) is 1. The Morgan fingerprint density at radius 2 is 1.95 bits per heavy atom. The van der Waals surface area contributed by atoms with Gasteiger partial charge in [0.1, 0.15) is 18.0 Å². The van der Waals surface area contributed by atoms with Gasteiger partial charge in [0.05, 0.1) is 35.1 Å². The van der Waals surface area contributed by atoms with E-state index in [-0.39, 0.29) is 42.4 Å². The molecule has 2 aromatic heterocycles. The molecule has 4 heterocycles. The summed E-state index contributed by atoms with van der Waals surface area (Å²) >= 11 is 0. The van der Waals surface area contributed by atoms with Gasteiger partial charge in [0, 0.05) is 22.6 Å². The first-order chi connectivity index (χ1) is 19.9. The number of nitrogens with zero attached hydrogens (tertiary/aromatic N) is 2. The second-order valence-electron chi connectivity index (χ2n) is 12.8. The molecule has 3 N–H and O–H groups in total. The van der Waals surface area contributed by atoms with E-state index in [1.54, 1.807) is 24.5 Å². The van der Waals surface area contributed by atoms with Gasteiger partial charge in [-0.25, -0.2) is 14.2 Å². The maximum Gasteiger partial charge on any atom is 0.343 e. The highest BCUT2D eigenvalue weighted by atomic mass is 19.1. The Morgan fingerprint density at radius 3 is 2.64 bits per heavy atom. The summed E-state index contributed by atoms with van der Waals surface area (Å²) in [5.74, 6) is -0.960. The fraction of sp³-hybridized carbons (Fsp3) is 0.500. The summed E-state index contributed by atoms with van der Waals surface area (Å²) in [6, 6.07) is 2.53. The van der Waals surface area contributed by atoms with Gasteiger partial charge in [-0.1, -0.05) is 20.8 Å². The van der Waals surface area contributed by atoms with Gasteiger partial charge < -0.3 is 24.8 Å². The number of ether oxygens (including phenoxy) is 1. The Morgan fingerprint density at radius 1 is 1.21 bits per heavy atom. The van der Waals surface area contributed by atoms with Crippen molar-refractivity contribution < 1.29 is 28.9 Å². The highest BCUT2D eigenvalue weighted by Crippen LogP contribution is 2.47. The largest absolute Gasteiger partial charge is 0.458 e. The van der Waals surface area contributed by atoms with E-state index in [0.29, 0.717) is 54.1 Å². The van der Waals surface area contributed by atoms with Crippen LogP contribution in [0.3, 0.4) is 0 Å². The van der Waals surface area contributed by atoms with Crippen molar-refractivity contribution >= 4 is 22.8 Å². The molecule has 1 aromatic carbocycles. The van der Waals surface area contributed by atoms with Crippen molar-refractivity contribution in [2.45, 2.75) is 90.2 Å². The van der Waals surface area contributed by atoms with Crippen molar-refractivity contribution in [1.29, 1.82) is 0 Å². The maximum absolute atomic E-state index is 15.1. The minimum Gasteiger partial charge on any atom is -0.458 e. The molecule has 9 nitrogen and oxygen atoms in total. The summed E-state index contributed by atoms with van der Waals surface area (Å²) in [6.07, 6.45) is 1.85. The molecule has 4 aliphatic rings. The van der Waals surface area contributed by atoms with Crippen LogP contribution in [0.1, 0.15) is 85.9 Å². The fourth-order valence-corrected chi connectivity index (χ4v) is 7.46. The molecule has 0 spiro atoms. The first kappa shape index (κ1) is 27.2. The number of amides is 1. The van der Waals surface area contributed by atoms with Gasteiger partial charge in [0.25, 0.3) is 11.5 Å². The summed E-state index contributed by atoms with van der Waals surface area (Å²) in [4.78, 5) is 44.6. The predicted octanol–water partition coefficient (Wildman–Crippen LogP) is 3.43. The van der Waals surface area contributed by atoms with Crippen LogP contribution in [0.5, 0.6) is 0 Å². The molecule has 2 aliphatic carbocycles. The summed E-state index contributed by atoms with van der Waals surface area (Å²) in [5.41, 5.74) is 0.768. The van der Waals surface area contributed by atoms with Gasteiger partial charge >= 0.3 is 5.97 Å². The fourth-order valence-electron chi connectivity index (χ4n) is 7.46. The molecule has 42 heavy (non-hydrogen) atoms. The number of hydrogen-bond acceptors (Lipinski definition) is 7. The van der Waals surface area contributed by atoms with Gasteiger partial charge in [0.2, 0.25) is 0 Å². The van der Waals surface area contributed by atoms with Crippen LogP contribution in [0.15, 0.2) is 16.9 Å². The highest BCUT2D eigenvalue weighted by molar-refractivity contribution is 5.94. The van der Waals surface area contributed by atoms with E-state index in [2.05, 4.69) is 19.2 Å². The van der Waals surface area contributed by atoms with Crippen molar-refractivity contribution in [3.05, 3.63) is 61.7 Å². The van der Waals surface area contributed by atoms with Crippen LogP contribution in [0.4, 0.5) is 4.39 Å². The van der Waals surface area contributed by atoms with E-state index < -0.39 is 34.7 Å². The zero-order valence-electron chi connectivity index (χ0n) is 24.1. The number of cyclic esters (lactones) is 1. The standard InChI is InChI=1S/C32H34FN3O6/c1-5-32(41)20-8-24-27-18(12-36(24)28(37)19(20)13-42-30(32)39)26-22(35-29(38)31(40)10-16(11-31)14(2)3)7-6-17-15(4)21(33)9-23(34-27)25(17)26/h8-9,14,16,22,40-41H,5-7,10-13H2,1-4H3,(H,35,38)/t16?,22-,31?,32-/m0/s1. The third kappa shape index (κ3) is 3.54. The normalized spacial score (nSPS) is 27.3. The van der Waals surface area contributed by atoms with Gasteiger partial charge in [-0.05, 0) is 73.6 Å². The third-order valence-electron chi connectivity index (χ3n) is 10.2. The predicted molar refractivity (Wildman–Crippen MR) is 151 cm³/mol. The lowest BCUT2D eigenvalue weighted by Gasteiger charge is -2.45. The first-order valence-electron chi connectivity index (χ1n) is 14.7. The Kier molecular flexibility index (Phi) is 5.79. The minimum absolute atomic E-state index is 0.0213. The molecule has 0 unspecified atom stereocenters. The quantitative estimate of drug-likeness (QED) is 0.318. The Bertz CT molecular complexity index is 1790. The molecule has 1 saturated carbocycles. The second-order valence-corrected chi connectivity index (χ2v) is 12.8. The lowest BCUT2D eigenvalue weighted by Crippen LogP contribution is -2.57. The van der Waals surface area contributed by atoms with Crippen LogP contribution in [0, 0.1) is 24.6 Å². The molecular weight excluding hydrogens is 541 g/mol. The molecule has 7 rings (SSSR count). The summed E-state index contributed by atoms with van der Waals surface area (Å²) in [5, 5.41) is 26.2. The number of fused-ring (bicyclic) bond motifs is 5. The highest BCUT2D eigenvalue weighted by Gasteiger charge is 2.50. The number of aromatic nitrogens is 2. The third-order valence-corrected chi connectivity index (χ3v) is 10.2. The summed E-state index contributed by atoms with van der Waals surface area (Å²) in [7, 11) is 0. The number of hydrogen-bond donors (Lipinski definition) is 3. The van der Waals surface area contributed by atoms with Crippen molar-refractivity contribution in [2.24, 2.45) is 11.8 Å². The second kappa shape index (κ2) is 8.94. The van der Waals surface area contributed by atoms with Crippen LogP contribution < -0.4 is 10.9 Å². The van der Waals surface area contributed by atoms with Gasteiger partial charge in [-0.3, -0.25) is 9.59 Å². The van der Waals surface area contributed by atoms with Crippen molar-refractivity contribution in [2.75, 3.05) is 0 Å². The molecule has 2 aliphatic heterocycles. The maximum atomic E-state index is 15.1. The molecule has 0 bridgehead atoms. The molecule has 1 fully saturated rings. The topological polar surface area (TPSA) is 131 Å². The van der Waals surface area contributed by atoms with Crippen LogP contribution in [-0.4, -0.2) is 37.2 Å². The van der Waals surface area contributed by atoms with Crippen LogP contribution in [-0.2, 0) is 39.5 Å². The average molecular weight is 576 g/mol. The lowest BCUT2D eigenvalue weighted by atomic mass is 9.65. The number of halogens is 1. The van der Waals surface area contributed by atoms with Crippen LogP contribution >= 0.6 is 0 Å². The monoisotopic (exact) mass is 575 g/mol. The van der Waals surface area contributed by atoms with E-state index in [1.165, 1.54) is 6.07 Å². The first-order valence-corrected chi connectivity index (χ1v) is 14.7. The molecular formula is C32H34FN3O6. The molecule has 220 valence electrons.